The molecule has 0 radical (unpaired) electrons. The smallest absolute Gasteiger partial charge is 0.423 e. The van der Waals surface area contributed by atoms with E-state index in [1.165, 1.54) is 6.21 Å². The molecule has 3 aromatic rings. The van der Waals surface area contributed by atoms with Crippen LogP contribution >= 0.6 is 0 Å². The van der Waals surface area contributed by atoms with Gasteiger partial charge in [0.2, 0.25) is 5.91 Å². The first-order valence-electron chi connectivity index (χ1n) is 7.47. The van der Waals surface area contributed by atoms with Crippen LogP contribution in [0.4, 0.5) is 0 Å². The number of nitrogens with zero attached hydrogens (tertiary/aromatic N) is 1. The summed E-state index contributed by atoms with van der Waals surface area (Å²) < 4.78 is 0. The zero-order valence-electron chi connectivity index (χ0n) is 12.8. The van der Waals surface area contributed by atoms with E-state index in [2.05, 4.69) is 15.5 Å². The second-order valence-electron chi connectivity index (χ2n) is 5.33. The zero-order valence-corrected chi connectivity index (χ0v) is 12.8. The van der Waals surface area contributed by atoms with Crippen LogP contribution in [0.5, 0.6) is 0 Å². The van der Waals surface area contributed by atoms with Gasteiger partial charge in [0.1, 0.15) is 0 Å². The van der Waals surface area contributed by atoms with Crippen molar-refractivity contribution in [2.24, 2.45) is 5.10 Å². The maximum atomic E-state index is 12.0. The Morgan fingerprint density at radius 2 is 1.92 bits per heavy atom. The van der Waals surface area contributed by atoms with Crippen molar-refractivity contribution in [1.29, 1.82) is 0 Å². The summed E-state index contributed by atoms with van der Waals surface area (Å²) in [5.74, 6) is -0.252. The number of carbonyl (C=O) groups excluding carboxylic acids is 1. The summed E-state index contributed by atoms with van der Waals surface area (Å²) in [6.07, 6.45) is 3.40. The molecule has 0 saturated heterocycles. The van der Waals surface area contributed by atoms with Crippen molar-refractivity contribution in [3.05, 3.63) is 65.9 Å². The maximum Gasteiger partial charge on any atom is 0.489 e. The van der Waals surface area contributed by atoms with Crippen LogP contribution in [0.25, 0.3) is 10.9 Å². The van der Waals surface area contributed by atoms with Crippen LogP contribution in [0.1, 0.15) is 11.1 Å². The Bertz CT molecular complexity index is 889. The molecular formula is C17H16BN3O3. The molecule has 0 bridgehead atoms. The quantitative estimate of drug-likeness (QED) is 0.314. The van der Waals surface area contributed by atoms with Crippen molar-refractivity contribution < 1.29 is 14.8 Å². The Balaban J connectivity index is 1.66. The van der Waals surface area contributed by atoms with Crippen molar-refractivity contribution in [3.8, 4) is 0 Å². The van der Waals surface area contributed by atoms with E-state index < -0.39 is 7.12 Å². The van der Waals surface area contributed by atoms with Gasteiger partial charge in [-0.1, -0.05) is 42.5 Å². The van der Waals surface area contributed by atoms with Crippen LogP contribution in [0.3, 0.4) is 0 Å². The number of amides is 1. The van der Waals surface area contributed by atoms with Crippen LogP contribution < -0.4 is 10.9 Å². The van der Waals surface area contributed by atoms with E-state index in [9.17, 15) is 14.8 Å². The number of aromatic amines is 1. The molecule has 0 unspecified atom stereocenters. The van der Waals surface area contributed by atoms with Crippen molar-refractivity contribution in [2.75, 3.05) is 0 Å². The second kappa shape index (κ2) is 7.12. The van der Waals surface area contributed by atoms with Gasteiger partial charge in [-0.2, -0.15) is 5.10 Å². The predicted molar refractivity (Wildman–Crippen MR) is 94.0 cm³/mol. The number of rotatable bonds is 5. The van der Waals surface area contributed by atoms with Gasteiger partial charge >= 0.3 is 7.12 Å². The summed E-state index contributed by atoms with van der Waals surface area (Å²) in [5.41, 5.74) is 5.18. The van der Waals surface area contributed by atoms with E-state index in [4.69, 9.17) is 0 Å². The average Bonchev–Trinajstić information content (AvgIpc) is 2.98. The minimum atomic E-state index is -1.59. The van der Waals surface area contributed by atoms with Gasteiger partial charge in [0, 0.05) is 17.1 Å². The van der Waals surface area contributed by atoms with E-state index in [1.54, 1.807) is 24.3 Å². The molecule has 120 valence electrons. The summed E-state index contributed by atoms with van der Waals surface area (Å²) in [5, 5.41) is 23.5. The SMILES string of the molecule is O=C(Cc1c[nH]c2ccccc12)N/N=C/c1ccccc1B(O)O. The molecule has 2 aromatic carbocycles. The minimum absolute atomic E-state index is 0.200. The van der Waals surface area contributed by atoms with Gasteiger partial charge in [-0.3, -0.25) is 4.79 Å². The number of fused-ring (bicyclic) bond motifs is 1. The number of nitrogens with one attached hydrogen (secondary N) is 2. The molecule has 3 rings (SSSR count). The fourth-order valence-corrected chi connectivity index (χ4v) is 2.53. The molecule has 0 fully saturated rings. The van der Waals surface area contributed by atoms with E-state index in [1.807, 2.05) is 30.5 Å². The molecule has 0 atom stereocenters. The Morgan fingerprint density at radius 1 is 1.17 bits per heavy atom. The zero-order chi connectivity index (χ0) is 16.9. The summed E-state index contributed by atoms with van der Waals surface area (Å²) in [6, 6.07) is 14.5. The molecular weight excluding hydrogens is 305 g/mol. The van der Waals surface area contributed by atoms with Gasteiger partial charge in [0.05, 0.1) is 12.6 Å². The molecule has 1 amide bonds. The molecule has 7 heteroatoms. The van der Waals surface area contributed by atoms with E-state index in [-0.39, 0.29) is 12.3 Å². The van der Waals surface area contributed by atoms with Crippen molar-refractivity contribution >= 4 is 35.6 Å². The van der Waals surface area contributed by atoms with Crippen molar-refractivity contribution in [2.45, 2.75) is 6.42 Å². The van der Waals surface area contributed by atoms with E-state index >= 15 is 0 Å². The third-order valence-corrected chi connectivity index (χ3v) is 3.69. The first-order chi connectivity index (χ1) is 11.6. The number of benzene rings is 2. The molecule has 0 saturated carbocycles. The minimum Gasteiger partial charge on any atom is -0.423 e. The van der Waals surface area contributed by atoms with Crippen molar-refractivity contribution in [1.82, 2.24) is 10.4 Å². The Hall–Kier alpha value is -2.90. The van der Waals surface area contributed by atoms with Gasteiger partial charge in [0.25, 0.3) is 0 Å². The predicted octanol–water partition coefficient (Wildman–Crippen LogP) is 0.540. The van der Waals surface area contributed by atoms with E-state index in [0.29, 0.717) is 11.0 Å². The normalized spacial score (nSPS) is 11.1. The van der Waals surface area contributed by atoms with Gasteiger partial charge in [0.15, 0.2) is 0 Å². The van der Waals surface area contributed by atoms with Crippen molar-refractivity contribution in [3.63, 3.8) is 0 Å². The van der Waals surface area contributed by atoms with Crippen LogP contribution in [0.15, 0.2) is 59.8 Å². The van der Waals surface area contributed by atoms with Crippen LogP contribution in [0.2, 0.25) is 0 Å². The first-order valence-corrected chi connectivity index (χ1v) is 7.47. The van der Waals surface area contributed by atoms with Gasteiger partial charge in [-0.05, 0) is 22.7 Å². The van der Waals surface area contributed by atoms with Crippen LogP contribution in [-0.2, 0) is 11.2 Å². The van der Waals surface area contributed by atoms with Gasteiger partial charge in [-0.15, -0.1) is 0 Å². The molecule has 6 nitrogen and oxygen atoms in total. The summed E-state index contributed by atoms with van der Waals surface area (Å²) in [7, 11) is -1.59. The maximum absolute atomic E-state index is 12.0. The highest BCUT2D eigenvalue weighted by atomic mass is 16.4. The average molecular weight is 321 g/mol. The highest BCUT2D eigenvalue weighted by molar-refractivity contribution is 6.60. The number of hydrogen-bond donors (Lipinski definition) is 4. The molecule has 0 aliphatic carbocycles. The summed E-state index contributed by atoms with van der Waals surface area (Å²) in [4.78, 5) is 15.1. The number of H-pyrrole nitrogens is 1. The largest absolute Gasteiger partial charge is 0.489 e. The lowest BCUT2D eigenvalue weighted by atomic mass is 9.77. The lowest BCUT2D eigenvalue weighted by molar-refractivity contribution is -0.120. The highest BCUT2D eigenvalue weighted by Gasteiger charge is 2.14. The lowest BCUT2D eigenvalue weighted by Gasteiger charge is -2.03. The summed E-state index contributed by atoms with van der Waals surface area (Å²) in [6.45, 7) is 0. The number of para-hydroxylation sites is 1. The topological polar surface area (TPSA) is 97.7 Å². The molecule has 4 N–H and O–H groups in total. The monoisotopic (exact) mass is 321 g/mol. The third-order valence-electron chi connectivity index (χ3n) is 3.69. The number of carbonyl (C=O) groups is 1. The Kier molecular flexibility index (Phi) is 4.74. The first kappa shape index (κ1) is 16.0. The molecule has 1 heterocycles. The molecule has 24 heavy (non-hydrogen) atoms. The Labute approximate surface area is 139 Å². The molecule has 0 spiro atoms. The third kappa shape index (κ3) is 3.53. The fourth-order valence-electron chi connectivity index (χ4n) is 2.53. The fraction of sp³-hybridized carbons (Fsp3) is 0.0588. The second-order valence-corrected chi connectivity index (χ2v) is 5.33. The van der Waals surface area contributed by atoms with Crippen LogP contribution in [0, 0.1) is 0 Å². The molecule has 0 aliphatic rings. The Morgan fingerprint density at radius 3 is 2.75 bits per heavy atom. The van der Waals surface area contributed by atoms with Crippen LogP contribution in [-0.4, -0.2) is 34.3 Å². The lowest BCUT2D eigenvalue weighted by Crippen LogP contribution is -2.33. The number of aromatic nitrogens is 1. The molecule has 0 aliphatic heterocycles. The highest BCUT2D eigenvalue weighted by Crippen LogP contribution is 2.17. The van der Waals surface area contributed by atoms with E-state index in [0.717, 1.165) is 16.5 Å². The van der Waals surface area contributed by atoms with Gasteiger partial charge < -0.3 is 15.0 Å². The van der Waals surface area contributed by atoms with Gasteiger partial charge in [-0.25, -0.2) is 5.43 Å². The summed E-state index contributed by atoms with van der Waals surface area (Å²) >= 11 is 0. The molecule has 1 aromatic heterocycles. The number of hydrazone groups is 1. The standard InChI is InChI=1S/C17H16BN3O3/c22-17(9-13-10-19-16-8-4-2-6-14(13)16)21-20-11-12-5-1-3-7-15(12)18(23)24/h1-8,10-11,19,23-24H,9H2,(H,21,22)/b20-11+. The number of hydrogen-bond acceptors (Lipinski definition) is 4.